The number of fused-ring (bicyclic) bond motifs is 1. The molecule has 1 unspecified atom stereocenters. The summed E-state index contributed by atoms with van der Waals surface area (Å²) in [4.78, 5) is 34.4. The van der Waals surface area contributed by atoms with Gasteiger partial charge in [-0.15, -0.1) is 11.8 Å². The fourth-order valence-corrected chi connectivity index (χ4v) is 6.05. The van der Waals surface area contributed by atoms with Gasteiger partial charge < -0.3 is 24.8 Å². The van der Waals surface area contributed by atoms with Gasteiger partial charge in [-0.05, 0) is 43.2 Å². The van der Waals surface area contributed by atoms with E-state index in [9.17, 15) is 9.59 Å². The summed E-state index contributed by atoms with van der Waals surface area (Å²) < 4.78 is 7.18. The van der Waals surface area contributed by atoms with Gasteiger partial charge in [0.15, 0.2) is 0 Å². The first-order valence-corrected chi connectivity index (χ1v) is 12.8. The Balaban J connectivity index is 1.59. The maximum Gasteiger partial charge on any atom is 0.343 e. The number of hydrogen-bond donors (Lipinski definition) is 1. The van der Waals surface area contributed by atoms with E-state index >= 15 is 0 Å². The molecule has 5 rings (SSSR count). The van der Waals surface area contributed by atoms with E-state index in [1.54, 1.807) is 26.3 Å². The molecule has 2 aromatic rings. The number of ether oxygens (including phenoxy) is 1. The average Bonchev–Trinajstić information content (AvgIpc) is 3.66. The number of carbonyl (C=O) groups excluding carboxylic acids is 1. The highest BCUT2D eigenvalue weighted by Crippen LogP contribution is 2.41. The molecule has 180 valence electrons. The number of anilines is 2. The molecule has 34 heavy (non-hydrogen) atoms. The Labute approximate surface area is 202 Å². The average molecular weight is 483 g/mol. The molecule has 0 bridgehead atoms. The minimum Gasteiger partial charge on any atom is -0.462 e. The Morgan fingerprint density at radius 2 is 2.12 bits per heavy atom. The first-order valence-electron chi connectivity index (χ1n) is 11.8. The van der Waals surface area contributed by atoms with Crippen molar-refractivity contribution >= 4 is 45.7 Å². The van der Waals surface area contributed by atoms with E-state index in [1.165, 1.54) is 10.5 Å². The number of nitrogen functional groups attached to an aromatic ring is 1. The Morgan fingerprint density at radius 1 is 1.32 bits per heavy atom. The fourth-order valence-electron chi connectivity index (χ4n) is 4.86. The zero-order valence-corrected chi connectivity index (χ0v) is 20.6. The predicted molar refractivity (Wildman–Crippen MR) is 137 cm³/mol. The lowest BCUT2D eigenvalue weighted by atomic mass is 9.95. The van der Waals surface area contributed by atoms with Crippen molar-refractivity contribution in [3.63, 3.8) is 0 Å². The molecule has 0 saturated heterocycles. The van der Waals surface area contributed by atoms with Crippen LogP contribution < -0.4 is 16.1 Å². The summed E-state index contributed by atoms with van der Waals surface area (Å²) in [7, 11) is 1.59. The van der Waals surface area contributed by atoms with Gasteiger partial charge in [-0.3, -0.25) is 4.79 Å². The van der Waals surface area contributed by atoms with Crippen molar-refractivity contribution in [2.24, 2.45) is 11.1 Å². The van der Waals surface area contributed by atoms with Crippen LogP contribution in [0, 0.1) is 5.92 Å². The smallest absolute Gasteiger partial charge is 0.343 e. The number of nitrogens with zero attached hydrogens (tertiary/aromatic N) is 3. The van der Waals surface area contributed by atoms with Crippen molar-refractivity contribution in [3.8, 4) is 0 Å². The van der Waals surface area contributed by atoms with E-state index < -0.39 is 5.97 Å². The lowest BCUT2D eigenvalue weighted by Crippen LogP contribution is -2.38. The van der Waals surface area contributed by atoms with Gasteiger partial charge in [-0.25, -0.2) is 4.79 Å². The highest BCUT2D eigenvalue weighted by molar-refractivity contribution is 8.03. The number of benzene rings is 1. The van der Waals surface area contributed by atoms with Crippen LogP contribution in [0.15, 0.2) is 38.8 Å². The molecule has 2 N–H and O–H groups in total. The van der Waals surface area contributed by atoms with Crippen LogP contribution in [0.4, 0.5) is 11.4 Å². The second-order valence-electron chi connectivity index (χ2n) is 9.10. The van der Waals surface area contributed by atoms with Crippen LogP contribution in [-0.4, -0.2) is 48.8 Å². The molecule has 8 nitrogen and oxygen atoms in total. The van der Waals surface area contributed by atoms with Crippen LogP contribution in [0.2, 0.25) is 0 Å². The number of nitrogens with two attached hydrogens (primary N) is 1. The van der Waals surface area contributed by atoms with E-state index in [0.717, 1.165) is 48.5 Å². The third-order valence-electron chi connectivity index (χ3n) is 6.72. The van der Waals surface area contributed by atoms with Gasteiger partial charge in [-0.2, -0.15) is 0 Å². The lowest BCUT2D eigenvalue weighted by Gasteiger charge is -2.37. The van der Waals surface area contributed by atoms with Crippen LogP contribution >= 0.6 is 11.8 Å². The zero-order chi connectivity index (χ0) is 24.0. The number of pyridine rings is 1. The quantitative estimate of drug-likeness (QED) is 0.391. The largest absolute Gasteiger partial charge is 0.462 e. The van der Waals surface area contributed by atoms with Crippen LogP contribution in [0.3, 0.4) is 0 Å². The summed E-state index contributed by atoms with van der Waals surface area (Å²) in [6.45, 7) is 5.66. The maximum atomic E-state index is 13.2. The summed E-state index contributed by atoms with van der Waals surface area (Å²) in [5, 5.41) is 4.80. The molecule has 9 heteroatoms. The number of oxime groups is 1. The third kappa shape index (κ3) is 3.96. The molecule has 0 amide bonds. The van der Waals surface area contributed by atoms with Crippen molar-refractivity contribution in [3.05, 3.63) is 44.6 Å². The number of carbonyl (C=O) groups is 1. The van der Waals surface area contributed by atoms with E-state index in [0.29, 0.717) is 23.5 Å². The van der Waals surface area contributed by atoms with E-state index in [4.69, 9.17) is 15.3 Å². The molecule has 3 heterocycles. The molecule has 1 aromatic carbocycles. The number of rotatable bonds is 5. The topological polar surface area (TPSA) is 99.2 Å². The molecule has 0 spiro atoms. The van der Waals surface area contributed by atoms with E-state index in [-0.39, 0.29) is 23.6 Å². The molecular formula is C25H30N4O4S. The van der Waals surface area contributed by atoms with Gasteiger partial charge in [-0.1, -0.05) is 12.1 Å². The van der Waals surface area contributed by atoms with Gasteiger partial charge in [0, 0.05) is 48.0 Å². The molecule has 1 saturated carbocycles. The highest BCUT2D eigenvalue weighted by Gasteiger charge is 2.32. The summed E-state index contributed by atoms with van der Waals surface area (Å²) in [5.41, 5.74) is 10.7. The fraction of sp³-hybridized carbons (Fsp3) is 0.480. The third-order valence-corrected chi connectivity index (χ3v) is 8.19. The summed E-state index contributed by atoms with van der Waals surface area (Å²) in [6, 6.07) is 4.01. The molecular weight excluding hydrogens is 452 g/mol. The SMILES string of the molecule is CCOC(=O)c1cn(C2CC2)c2cc(N3CCC4=C(C3)/C(=N/OC)C(C)CS4)c(N)cc2c1=O. The minimum absolute atomic E-state index is 0.0646. The summed E-state index contributed by atoms with van der Waals surface area (Å²) in [6.07, 6.45) is 4.63. The van der Waals surface area contributed by atoms with Gasteiger partial charge in [0.2, 0.25) is 5.43 Å². The molecule has 1 aliphatic carbocycles. The Bertz CT molecular complexity index is 1280. The molecule has 2 aliphatic heterocycles. The van der Waals surface area contributed by atoms with E-state index in [1.807, 2.05) is 17.8 Å². The maximum absolute atomic E-state index is 13.2. The standard InChI is InChI=1S/C25H30N4O4S/c1-4-33-25(31)18-12-29(15-5-6-15)20-10-21(19(26)9-16(20)24(18)30)28-8-7-22-17(11-28)23(27-32-3)14(2)13-34-22/h9-10,12,14-15H,4-8,11,13,26H2,1-3H3/b27-23+. The normalized spacial score (nSPS) is 21.7. The number of hydrogen-bond acceptors (Lipinski definition) is 8. The number of esters is 1. The van der Waals surface area contributed by atoms with Crippen molar-refractivity contribution in [1.82, 2.24) is 4.57 Å². The first kappa shape index (κ1) is 22.8. The van der Waals surface area contributed by atoms with Crippen LogP contribution in [0.25, 0.3) is 10.9 Å². The molecule has 3 aliphatic rings. The minimum atomic E-state index is -0.587. The molecule has 1 fully saturated rings. The van der Waals surface area contributed by atoms with Crippen molar-refractivity contribution in [2.45, 2.75) is 39.2 Å². The van der Waals surface area contributed by atoms with Gasteiger partial charge in [0.1, 0.15) is 12.7 Å². The van der Waals surface area contributed by atoms with Gasteiger partial charge in [0.25, 0.3) is 0 Å². The van der Waals surface area contributed by atoms with Crippen LogP contribution in [0.1, 0.15) is 49.5 Å². The first-order chi connectivity index (χ1) is 16.4. The van der Waals surface area contributed by atoms with Crippen molar-refractivity contribution < 1.29 is 14.4 Å². The number of aromatic nitrogens is 1. The Kier molecular flexibility index (Phi) is 6.06. The van der Waals surface area contributed by atoms with Crippen molar-refractivity contribution in [1.29, 1.82) is 0 Å². The van der Waals surface area contributed by atoms with Gasteiger partial charge in [0.05, 0.1) is 29.2 Å². The van der Waals surface area contributed by atoms with Gasteiger partial charge >= 0.3 is 5.97 Å². The highest BCUT2D eigenvalue weighted by atomic mass is 32.2. The monoisotopic (exact) mass is 482 g/mol. The molecule has 0 radical (unpaired) electrons. The number of thioether (sulfide) groups is 1. The Hall–Kier alpha value is -2.94. The summed E-state index contributed by atoms with van der Waals surface area (Å²) in [5.74, 6) is 0.741. The van der Waals surface area contributed by atoms with Crippen molar-refractivity contribution in [2.75, 3.05) is 43.2 Å². The van der Waals surface area contributed by atoms with Crippen LogP contribution in [-0.2, 0) is 9.57 Å². The second-order valence-corrected chi connectivity index (χ2v) is 10.2. The Morgan fingerprint density at radius 3 is 2.82 bits per heavy atom. The lowest BCUT2D eigenvalue weighted by molar-refractivity contribution is 0.0524. The summed E-state index contributed by atoms with van der Waals surface area (Å²) >= 11 is 1.91. The molecule has 1 atom stereocenters. The zero-order valence-electron chi connectivity index (χ0n) is 19.8. The van der Waals surface area contributed by atoms with E-state index in [2.05, 4.69) is 21.5 Å². The van der Waals surface area contributed by atoms with Crippen LogP contribution in [0.5, 0.6) is 0 Å². The molecule has 1 aromatic heterocycles. The predicted octanol–water partition coefficient (Wildman–Crippen LogP) is 3.94. The second kappa shape index (κ2) is 9.02.